The lowest BCUT2D eigenvalue weighted by Crippen LogP contribution is -2.35. The van der Waals surface area contributed by atoms with Gasteiger partial charge >= 0.3 is 0 Å². The number of nitrogens with zero attached hydrogens (tertiary/aromatic N) is 1. The quantitative estimate of drug-likeness (QED) is 0.108. The summed E-state index contributed by atoms with van der Waals surface area (Å²) >= 11 is 0. The number of aryl methyl sites for hydroxylation is 4. The molecule has 9 rings (SSSR count). The SMILES string of the molecule is C/C=C(\C=C/c1ccc(-c2ccccc2C)c(C)c1)c1ccc(C)cc1.C=C/C=C\C=C/C.CC.CC.CC.CC1=CC=C=CC=C1.CC1CC=CC=C1C1(C2=CC=CC2)c2ccccc2-c2ccn(C)c21. The summed E-state index contributed by atoms with van der Waals surface area (Å²) in [6, 6.07) is 35.3. The average Bonchev–Trinajstić information content (AvgIpc) is 4.12. The summed E-state index contributed by atoms with van der Waals surface area (Å²) in [5.41, 5.74) is 23.1. The zero-order valence-electron chi connectivity index (χ0n) is 46.4. The van der Waals surface area contributed by atoms with E-state index >= 15 is 0 Å². The first kappa shape index (κ1) is 59.1. The molecule has 4 aliphatic rings. The van der Waals surface area contributed by atoms with Gasteiger partial charge in [0.05, 0.1) is 5.41 Å². The van der Waals surface area contributed by atoms with Crippen molar-refractivity contribution in [3.63, 3.8) is 0 Å². The Bertz CT molecular complexity index is 2870. The smallest absolute Gasteiger partial charge is 0.0797 e. The van der Waals surface area contributed by atoms with E-state index in [9.17, 15) is 0 Å². The molecule has 1 nitrogen and oxygen atoms in total. The number of hydrogen-bond donors (Lipinski definition) is 0. The molecular formula is C71H85N. The predicted octanol–water partition coefficient (Wildman–Crippen LogP) is 20.7. The third kappa shape index (κ3) is 15.4. The number of aromatic nitrogens is 1. The van der Waals surface area contributed by atoms with E-state index in [1.807, 2.05) is 97.1 Å². The molecule has 4 aliphatic carbocycles. The van der Waals surface area contributed by atoms with Crippen LogP contribution in [0.1, 0.15) is 121 Å². The minimum absolute atomic E-state index is 0.127. The molecule has 0 amide bonds. The highest BCUT2D eigenvalue weighted by molar-refractivity contribution is 5.86. The van der Waals surface area contributed by atoms with Crippen molar-refractivity contribution in [3.8, 4) is 22.3 Å². The molecule has 0 saturated carbocycles. The topological polar surface area (TPSA) is 4.93 Å². The van der Waals surface area contributed by atoms with Crippen LogP contribution >= 0.6 is 0 Å². The molecule has 1 heteroatoms. The lowest BCUT2D eigenvalue weighted by molar-refractivity contribution is 0.542. The van der Waals surface area contributed by atoms with E-state index in [-0.39, 0.29) is 5.41 Å². The van der Waals surface area contributed by atoms with Crippen LogP contribution in [0.5, 0.6) is 0 Å². The number of allylic oxidation sites excluding steroid dienone is 21. The molecule has 374 valence electrons. The molecule has 1 heterocycles. The van der Waals surface area contributed by atoms with Crippen LogP contribution in [-0.4, -0.2) is 4.57 Å². The summed E-state index contributed by atoms with van der Waals surface area (Å²) < 4.78 is 2.35. The Hall–Kier alpha value is -7.18. The van der Waals surface area contributed by atoms with Crippen LogP contribution < -0.4 is 0 Å². The van der Waals surface area contributed by atoms with Gasteiger partial charge in [0, 0.05) is 24.5 Å². The molecule has 5 aromatic rings. The first-order valence-electron chi connectivity index (χ1n) is 26.4. The van der Waals surface area contributed by atoms with Crippen LogP contribution in [0.2, 0.25) is 0 Å². The highest BCUT2D eigenvalue weighted by Gasteiger charge is 2.51. The normalized spacial score (nSPS) is 16.6. The summed E-state index contributed by atoms with van der Waals surface area (Å²) in [5, 5.41) is 0. The predicted molar refractivity (Wildman–Crippen MR) is 323 cm³/mol. The van der Waals surface area contributed by atoms with Gasteiger partial charge in [-0.05, 0) is 140 Å². The molecule has 0 fully saturated rings. The number of fused-ring (bicyclic) bond motifs is 3. The first-order valence-corrected chi connectivity index (χ1v) is 26.4. The number of hydrogen-bond acceptors (Lipinski definition) is 0. The fourth-order valence-electron chi connectivity index (χ4n) is 9.21. The van der Waals surface area contributed by atoms with Gasteiger partial charge < -0.3 is 4.57 Å². The van der Waals surface area contributed by atoms with Gasteiger partial charge in [-0.25, -0.2) is 0 Å². The second-order valence-electron chi connectivity index (χ2n) is 17.2. The molecule has 0 spiro atoms. The third-order valence-electron chi connectivity index (χ3n) is 12.5. The molecule has 1 aromatic heterocycles. The molecule has 2 atom stereocenters. The van der Waals surface area contributed by atoms with Crippen LogP contribution in [0.3, 0.4) is 0 Å². The van der Waals surface area contributed by atoms with Crippen LogP contribution in [0.15, 0.2) is 242 Å². The Labute approximate surface area is 438 Å². The average molecular weight is 952 g/mol. The van der Waals surface area contributed by atoms with Crippen molar-refractivity contribution in [2.45, 2.75) is 108 Å². The van der Waals surface area contributed by atoms with Crippen LogP contribution in [-0.2, 0) is 12.5 Å². The number of benzene rings is 4. The van der Waals surface area contributed by atoms with Crippen molar-refractivity contribution in [3.05, 3.63) is 281 Å². The van der Waals surface area contributed by atoms with Gasteiger partial charge in [-0.2, -0.15) is 0 Å². The van der Waals surface area contributed by atoms with Gasteiger partial charge in [0.1, 0.15) is 0 Å². The van der Waals surface area contributed by atoms with E-state index in [1.54, 1.807) is 6.08 Å². The molecule has 0 saturated heterocycles. The van der Waals surface area contributed by atoms with Gasteiger partial charge in [0.15, 0.2) is 0 Å². The van der Waals surface area contributed by atoms with Gasteiger partial charge in [-0.3, -0.25) is 0 Å². The summed E-state index contributed by atoms with van der Waals surface area (Å²) in [5.74, 6) is 0.542. The molecular weight excluding hydrogens is 867 g/mol. The second-order valence-corrected chi connectivity index (χ2v) is 17.2. The summed E-state index contributed by atoms with van der Waals surface area (Å²) in [4.78, 5) is 0. The van der Waals surface area contributed by atoms with E-state index in [2.05, 4.69) is 229 Å². The Balaban J connectivity index is 0.000000275. The lowest BCUT2D eigenvalue weighted by atomic mass is 9.63. The van der Waals surface area contributed by atoms with Crippen molar-refractivity contribution in [2.24, 2.45) is 13.0 Å². The van der Waals surface area contributed by atoms with Crippen molar-refractivity contribution >= 4 is 11.6 Å². The van der Waals surface area contributed by atoms with E-state index < -0.39 is 0 Å². The summed E-state index contributed by atoms with van der Waals surface area (Å²) in [7, 11) is 2.20. The Morgan fingerprint density at radius 3 is 2.00 bits per heavy atom. The van der Waals surface area contributed by atoms with Crippen LogP contribution in [0, 0.1) is 26.7 Å². The van der Waals surface area contributed by atoms with E-state index in [0.717, 1.165) is 12.8 Å². The van der Waals surface area contributed by atoms with Gasteiger partial charge in [-0.15, -0.1) is 5.73 Å². The Morgan fingerprint density at radius 1 is 0.681 bits per heavy atom. The maximum Gasteiger partial charge on any atom is 0.0797 e. The standard InChI is InChI=1S/C26H26.C24H23N.C8H8.C7H10.3C2H6/c1-5-23(24-14-10-19(2)11-15-24)16-12-22-13-17-26(21(4)18-22)25-9-7-6-8-20(25)3;1-17-9-3-7-13-21(17)24(18-10-4-5-11-18)22-14-8-6-12-19(22)20-15-16-25(2)23(20)24;1-8-6-4-2-3-5-7-8;1-3-5-7-6-4-2;3*1-2/h5-18H,1-4H3;3-8,10,12-17H,9,11H2,1-2H3;2,4-7H,1H3;3-7H,1H2,2H3;3*1-2H3/b16-12-,23-5+;;;6-4-,7-5-;;;. The largest absolute Gasteiger partial charge is 0.353 e. The highest BCUT2D eigenvalue weighted by atomic mass is 15.0. The zero-order valence-corrected chi connectivity index (χ0v) is 46.4. The van der Waals surface area contributed by atoms with Crippen molar-refractivity contribution < 1.29 is 0 Å². The summed E-state index contributed by atoms with van der Waals surface area (Å²) in [6.07, 6.45) is 44.1. The molecule has 0 aliphatic heterocycles. The van der Waals surface area contributed by atoms with Crippen molar-refractivity contribution in [1.29, 1.82) is 0 Å². The molecule has 4 aromatic carbocycles. The van der Waals surface area contributed by atoms with E-state index in [1.165, 1.54) is 83.6 Å². The highest BCUT2D eigenvalue weighted by Crippen LogP contribution is 2.60. The van der Waals surface area contributed by atoms with E-state index in [0.29, 0.717) is 5.92 Å². The lowest BCUT2D eigenvalue weighted by Gasteiger charge is -2.40. The maximum atomic E-state index is 3.51. The van der Waals surface area contributed by atoms with Crippen LogP contribution in [0.4, 0.5) is 0 Å². The molecule has 0 radical (unpaired) electrons. The zero-order chi connectivity index (χ0) is 52.9. The van der Waals surface area contributed by atoms with Crippen LogP contribution in [0.25, 0.3) is 33.9 Å². The van der Waals surface area contributed by atoms with Crippen molar-refractivity contribution in [2.75, 3.05) is 0 Å². The van der Waals surface area contributed by atoms with Gasteiger partial charge in [0.2, 0.25) is 0 Å². The second kappa shape index (κ2) is 31.9. The maximum absolute atomic E-state index is 3.51. The van der Waals surface area contributed by atoms with Gasteiger partial charge in [-0.1, -0.05) is 260 Å². The Kier molecular flexibility index (Phi) is 26.2. The fraction of sp³-hybridized carbons (Fsp3) is 0.254. The number of rotatable bonds is 8. The van der Waals surface area contributed by atoms with E-state index in [4.69, 9.17) is 0 Å². The summed E-state index contributed by atoms with van der Waals surface area (Å²) in [6.45, 7) is 30.5. The molecule has 0 bridgehead atoms. The Morgan fingerprint density at radius 2 is 1.36 bits per heavy atom. The molecule has 0 N–H and O–H groups in total. The fourth-order valence-corrected chi connectivity index (χ4v) is 9.21. The third-order valence-corrected chi connectivity index (χ3v) is 12.5. The first-order chi connectivity index (χ1) is 35.1. The van der Waals surface area contributed by atoms with Crippen molar-refractivity contribution in [1.82, 2.24) is 4.57 Å². The minimum Gasteiger partial charge on any atom is -0.353 e. The van der Waals surface area contributed by atoms with Gasteiger partial charge in [0.25, 0.3) is 0 Å². The minimum atomic E-state index is -0.127. The molecule has 72 heavy (non-hydrogen) atoms. The monoisotopic (exact) mass is 952 g/mol. The molecule has 2 unspecified atom stereocenters.